The Morgan fingerprint density at radius 2 is 0.537 bits per heavy atom. The number of ether oxygens (including phenoxy) is 3. The highest BCUT2D eigenvalue weighted by molar-refractivity contribution is 5.71. The maximum atomic E-state index is 12.8. The molecule has 0 aliphatic heterocycles. The van der Waals surface area contributed by atoms with Crippen LogP contribution in [0.4, 0.5) is 0 Å². The summed E-state index contributed by atoms with van der Waals surface area (Å²) in [6.45, 7) is 6.63. The van der Waals surface area contributed by atoms with Gasteiger partial charge in [0.25, 0.3) is 0 Å². The maximum Gasteiger partial charge on any atom is 0.306 e. The van der Waals surface area contributed by atoms with Crippen molar-refractivity contribution >= 4 is 17.9 Å². The van der Waals surface area contributed by atoms with Crippen molar-refractivity contribution in [2.75, 3.05) is 13.2 Å². The molecule has 0 aromatic rings. The minimum atomic E-state index is -0.777. The largest absolute Gasteiger partial charge is 0.462 e. The summed E-state index contributed by atoms with van der Waals surface area (Å²) < 4.78 is 16.9. The average Bonchev–Trinajstić information content (AvgIpc) is 3.33. The average molecular weight is 942 g/mol. The summed E-state index contributed by atoms with van der Waals surface area (Å²) in [5.41, 5.74) is 0. The van der Waals surface area contributed by atoms with E-state index in [1.165, 1.54) is 212 Å². The molecule has 0 heterocycles. The molecule has 0 N–H and O–H groups in total. The number of carbonyl (C=O) groups excluding carboxylic acids is 3. The number of rotatable bonds is 54. The first-order chi connectivity index (χ1) is 33.0. The van der Waals surface area contributed by atoms with E-state index in [4.69, 9.17) is 14.2 Å². The molecule has 67 heavy (non-hydrogen) atoms. The van der Waals surface area contributed by atoms with Crippen LogP contribution < -0.4 is 0 Å². The molecule has 0 aliphatic carbocycles. The van der Waals surface area contributed by atoms with Gasteiger partial charge in [0.1, 0.15) is 13.2 Å². The Bertz CT molecular complexity index is 1130. The van der Waals surface area contributed by atoms with Crippen LogP contribution in [0.5, 0.6) is 0 Å². The molecule has 0 aliphatic rings. The quantitative estimate of drug-likeness (QED) is 0.0199. The van der Waals surface area contributed by atoms with Crippen LogP contribution in [0.3, 0.4) is 0 Å². The van der Waals surface area contributed by atoms with Crippen LogP contribution in [-0.2, 0) is 28.6 Å². The third-order valence-corrected chi connectivity index (χ3v) is 13.1. The van der Waals surface area contributed by atoms with E-state index in [9.17, 15) is 14.4 Å². The molecule has 1 atom stereocenters. The fourth-order valence-corrected chi connectivity index (χ4v) is 8.67. The zero-order chi connectivity index (χ0) is 48.6. The highest BCUT2D eigenvalue weighted by Crippen LogP contribution is 2.17. The predicted octanol–water partition coefficient (Wildman–Crippen LogP) is 19.7. The lowest BCUT2D eigenvalue weighted by Gasteiger charge is -2.18. The molecule has 6 heteroatoms. The lowest BCUT2D eigenvalue weighted by atomic mass is 10.0. The molecule has 0 spiro atoms. The Morgan fingerprint density at radius 3 is 0.881 bits per heavy atom. The Balaban J connectivity index is 4.33. The van der Waals surface area contributed by atoms with Gasteiger partial charge in [-0.2, -0.15) is 0 Å². The third-order valence-electron chi connectivity index (χ3n) is 13.1. The van der Waals surface area contributed by atoms with E-state index in [1.807, 2.05) is 0 Å². The molecule has 1 unspecified atom stereocenters. The molecular weight excluding hydrogens is 829 g/mol. The lowest BCUT2D eigenvalue weighted by molar-refractivity contribution is -0.167. The van der Waals surface area contributed by atoms with Gasteiger partial charge >= 0.3 is 17.9 Å². The topological polar surface area (TPSA) is 78.9 Å². The SMILES string of the molecule is CCCCC/C=C\C=C/CCCCCCCCC(=O)OC(COC(=O)CCCCCCCCC/C=C\CCCCCC)COC(=O)CCCCCCCCCCCCCCCCCCCCC. The fourth-order valence-electron chi connectivity index (χ4n) is 8.67. The van der Waals surface area contributed by atoms with E-state index in [-0.39, 0.29) is 31.1 Å². The minimum Gasteiger partial charge on any atom is -0.462 e. The number of unbranched alkanes of at least 4 members (excludes halogenated alkanes) is 38. The number of esters is 3. The second kappa shape index (κ2) is 56.2. The van der Waals surface area contributed by atoms with Crippen LogP contribution in [0.15, 0.2) is 36.5 Å². The molecule has 0 fully saturated rings. The van der Waals surface area contributed by atoms with Gasteiger partial charge < -0.3 is 14.2 Å². The van der Waals surface area contributed by atoms with Gasteiger partial charge in [-0.1, -0.05) is 263 Å². The Morgan fingerprint density at radius 1 is 0.299 bits per heavy atom. The summed E-state index contributed by atoms with van der Waals surface area (Å²) in [4.78, 5) is 38.2. The Labute approximate surface area is 416 Å². The molecule has 6 nitrogen and oxygen atoms in total. The smallest absolute Gasteiger partial charge is 0.306 e. The van der Waals surface area contributed by atoms with Gasteiger partial charge in [-0.15, -0.1) is 0 Å². The first-order valence-electron chi connectivity index (χ1n) is 29.5. The van der Waals surface area contributed by atoms with E-state index in [0.717, 1.165) is 64.2 Å². The monoisotopic (exact) mass is 941 g/mol. The summed E-state index contributed by atoms with van der Waals surface area (Å²) in [7, 11) is 0. The molecule has 0 bridgehead atoms. The van der Waals surface area contributed by atoms with Gasteiger partial charge in [0.2, 0.25) is 0 Å². The number of carbonyl (C=O) groups is 3. The third kappa shape index (κ3) is 54.4. The van der Waals surface area contributed by atoms with Gasteiger partial charge in [0.15, 0.2) is 6.10 Å². The number of allylic oxidation sites excluding steroid dienone is 6. The molecule has 0 amide bonds. The van der Waals surface area contributed by atoms with E-state index < -0.39 is 6.10 Å². The van der Waals surface area contributed by atoms with Crippen LogP contribution in [0.2, 0.25) is 0 Å². The molecule has 0 saturated heterocycles. The van der Waals surface area contributed by atoms with Crippen molar-refractivity contribution in [1.82, 2.24) is 0 Å². The van der Waals surface area contributed by atoms with Crippen LogP contribution in [0.25, 0.3) is 0 Å². The zero-order valence-corrected chi connectivity index (χ0v) is 44.9. The molecule has 0 aromatic heterocycles. The summed E-state index contributed by atoms with van der Waals surface area (Å²) in [5, 5.41) is 0. The van der Waals surface area contributed by atoms with E-state index >= 15 is 0 Å². The zero-order valence-electron chi connectivity index (χ0n) is 44.9. The summed E-state index contributed by atoms with van der Waals surface area (Å²) in [6.07, 6.45) is 67.0. The van der Waals surface area contributed by atoms with Crippen LogP contribution in [-0.4, -0.2) is 37.2 Å². The van der Waals surface area contributed by atoms with Crippen molar-refractivity contribution in [2.24, 2.45) is 0 Å². The van der Waals surface area contributed by atoms with Gasteiger partial charge in [-0.25, -0.2) is 0 Å². The van der Waals surface area contributed by atoms with Crippen molar-refractivity contribution in [3.05, 3.63) is 36.5 Å². The van der Waals surface area contributed by atoms with Crippen molar-refractivity contribution in [2.45, 2.75) is 322 Å². The second-order valence-corrected chi connectivity index (χ2v) is 19.9. The van der Waals surface area contributed by atoms with Gasteiger partial charge in [-0.3, -0.25) is 14.4 Å². The van der Waals surface area contributed by atoms with Crippen LogP contribution >= 0.6 is 0 Å². The molecule has 392 valence electrons. The fraction of sp³-hybridized carbons (Fsp3) is 0.852. The van der Waals surface area contributed by atoms with E-state index in [0.29, 0.717) is 19.3 Å². The first-order valence-corrected chi connectivity index (χ1v) is 29.5. The normalized spacial score (nSPS) is 12.2. The summed E-state index contributed by atoms with van der Waals surface area (Å²) in [6, 6.07) is 0. The number of hydrogen-bond donors (Lipinski definition) is 0. The van der Waals surface area contributed by atoms with Gasteiger partial charge in [0.05, 0.1) is 0 Å². The summed E-state index contributed by atoms with van der Waals surface area (Å²) >= 11 is 0. The number of hydrogen-bond acceptors (Lipinski definition) is 6. The molecule has 0 rings (SSSR count). The molecule has 0 radical (unpaired) electrons. The van der Waals surface area contributed by atoms with Crippen molar-refractivity contribution in [3.8, 4) is 0 Å². The van der Waals surface area contributed by atoms with E-state index in [1.54, 1.807) is 0 Å². The molecule has 0 aromatic carbocycles. The Kier molecular flexibility index (Phi) is 54.2. The lowest BCUT2D eigenvalue weighted by Crippen LogP contribution is -2.30. The van der Waals surface area contributed by atoms with Gasteiger partial charge in [-0.05, 0) is 70.6 Å². The summed E-state index contributed by atoms with van der Waals surface area (Å²) in [5.74, 6) is -0.873. The van der Waals surface area contributed by atoms with Crippen molar-refractivity contribution < 1.29 is 28.6 Å². The van der Waals surface area contributed by atoms with Crippen molar-refractivity contribution in [1.29, 1.82) is 0 Å². The van der Waals surface area contributed by atoms with Crippen LogP contribution in [0, 0.1) is 0 Å². The molecule has 0 saturated carbocycles. The first kappa shape index (κ1) is 64.6. The van der Waals surface area contributed by atoms with Crippen molar-refractivity contribution in [3.63, 3.8) is 0 Å². The Hall–Kier alpha value is -2.37. The van der Waals surface area contributed by atoms with Crippen LogP contribution in [0.1, 0.15) is 316 Å². The van der Waals surface area contributed by atoms with Gasteiger partial charge in [0, 0.05) is 19.3 Å². The van der Waals surface area contributed by atoms with E-state index in [2.05, 4.69) is 57.2 Å². The minimum absolute atomic E-state index is 0.0746. The standard InChI is InChI=1S/C61H112O6/c1-4-7-10-13-16-19-22-25-28-29-30-31-34-36-39-42-45-48-51-54-60(63)66-57-58(67-61(64)55-52-49-46-43-40-37-33-27-24-21-18-15-12-9-6-3)56-65-59(62)53-50-47-44-41-38-35-32-26-23-20-17-14-11-8-5-2/h18,20-21,23-24,27,58H,4-17,19,22,25-26,28-57H2,1-3H3/b21-18-,23-20-,27-24-. The second-order valence-electron chi connectivity index (χ2n) is 19.9. The predicted molar refractivity (Wildman–Crippen MR) is 289 cm³/mol. The highest BCUT2D eigenvalue weighted by Gasteiger charge is 2.19. The maximum absolute atomic E-state index is 12.8. The molecular formula is C61H112O6. The highest BCUT2D eigenvalue weighted by atomic mass is 16.6.